The summed E-state index contributed by atoms with van der Waals surface area (Å²) >= 11 is 0. The molecule has 2 N–H and O–H groups in total. The Morgan fingerprint density at radius 1 is 1.56 bits per heavy atom. The lowest BCUT2D eigenvalue weighted by molar-refractivity contribution is 0.446. The summed E-state index contributed by atoms with van der Waals surface area (Å²) in [6, 6.07) is 5.71. The third-order valence-corrected chi connectivity index (χ3v) is 2.48. The van der Waals surface area contributed by atoms with Crippen molar-refractivity contribution < 1.29 is 5.11 Å². The normalized spacial score (nSPS) is 12.1. The number of pyridine rings is 1. The first-order chi connectivity index (χ1) is 7.67. The maximum atomic E-state index is 9.58. The molecule has 1 aromatic rings. The molecule has 1 rings (SSSR count). The minimum atomic E-state index is 0.159. The average molecular weight is 219 g/mol. The monoisotopic (exact) mass is 219 g/mol. The predicted molar refractivity (Wildman–Crippen MR) is 61.8 cm³/mol. The van der Waals surface area contributed by atoms with E-state index in [9.17, 15) is 5.11 Å². The molecule has 0 aliphatic rings. The van der Waals surface area contributed by atoms with Crippen LogP contribution >= 0.6 is 0 Å². The van der Waals surface area contributed by atoms with Gasteiger partial charge >= 0.3 is 0 Å². The molecule has 0 radical (unpaired) electrons. The number of nitriles is 1. The molecule has 0 aliphatic carbocycles. The fourth-order valence-electron chi connectivity index (χ4n) is 1.45. The third-order valence-electron chi connectivity index (χ3n) is 2.48. The van der Waals surface area contributed by atoms with Crippen LogP contribution in [-0.2, 0) is 6.54 Å². The fourth-order valence-corrected chi connectivity index (χ4v) is 1.45. The van der Waals surface area contributed by atoms with E-state index in [0.29, 0.717) is 18.7 Å². The van der Waals surface area contributed by atoms with Crippen molar-refractivity contribution in [3.8, 4) is 11.8 Å². The van der Waals surface area contributed by atoms with Gasteiger partial charge in [-0.05, 0) is 25.5 Å². The van der Waals surface area contributed by atoms with Crippen LogP contribution in [-0.4, -0.2) is 16.1 Å². The molecule has 0 aromatic carbocycles. The van der Waals surface area contributed by atoms with Crippen molar-refractivity contribution in [1.29, 1.82) is 5.26 Å². The molecule has 1 unspecified atom stereocenters. The van der Waals surface area contributed by atoms with Crippen molar-refractivity contribution in [2.24, 2.45) is 0 Å². The molecule has 0 fully saturated rings. The third kappa shape index (κ3) is 3.52. The first-order valence-corrected chi connectivity index (χ1v) is 5.43. The van der Waals surface area contributed by atoms with Gasteiger partial charge in [0.1, 0.15) is 5.75 Å². The first-order valence-electron chi connectivity index (χ1n) is 5.43. The van der Waals surface area contributed by atoms with Gasteiger partial charge in [0.25, 0.3) is 0 Å². The maximum absolute atomic E-state index is 9.58. The van der Waals surface area contributed by atoms with E-state index in [0.717, 1.165) is 12.1 Å². The van der Waals surface area contributed by atoms with Gasteiger partial charge in [-0.1, -0.05) is 6.92 Å². The molecule has 1 aromatic heterocycles. The van der Waals surface area contributed by atoms with Gasteiger partial charge in [0.15, 0.2) is 0 Å². The number of aromatic nitrogens is 1. The second kappa shape index (κ2) is 6.09. The highest BCUT2D eigenvalue weighted by Gasteiger charge is 2.08. The second-order valence-electron chi connectivity index (χ2n) is 3.77. The maximum Gasteiger partial charge on any atom is 0.138 e. The van der Waals surface area contributed by atoms with Crippen molar-refractivity contribution in [3.05, 3.63) is 23.5 Å². The van der Waals surface area contributed by atoms with Crippen LogP contribution in [0.5, 0.6) is 5.75 Å². The second-order valence-corrected chi connectivity index (χ2v) is 3.77. The van der Waals surface area contributed by atoms with E-state index in [1.54, 1.807) is 12.1 Å². The van der Waals surface area contributed by atoms with Crippen LogP contribution in [0, 0.1) is 18.3 Å². The highest BCUT2D eigenvalue weighted by atomic mass is 16.3. The summed E-state index contributed by atoms with van der Waals surface area (Å²) in [5.74, 6) is 0.199. The van der Waals surface area contributed by atoms with E-state index in [1.165, 1.54) is 0 Å². The lowest BCUT2D eigenvalue weighted by Crippen LogP contribution is -2.27. The molecule has 0 bridgehead atoms. The summed E-state index contributed by atoms with van der Waals surface area (Å²) in [5.41, 5.74) is 1.51. The smallest absolute Gasteiger partial charge is 0.138 e. The molecular formula is C12H17N3O. The summed E-state index contributed by atoms with van der Waals surface area (Å²) in [5, 5.41) is 21.4. The molecule has 1 heterocycles. The molecule has 0 amide bonds. The number of nitrogens with one attached hydrogen (secondary N) is 1. The quantitative estimate of drug-likeness (QED) is 0.793. The van der Waals surface area contributed by atoms with Gasteiger partial charge in [-0.25, -0.2) is 0 Å². The first kappa shape index (κ1) is 12.5. The zero-order valence-electron chi connectivity index (χ0n) is 9.70. The van der Waals surface area contributed by atoms with Crippen LogP contribution in [0.15, 0.2) is 12.1 Å². The van der Waals surface area contributed by atoms with Crippen LogP contribution < -0.4 is 5.32 Å². The Balaban J connectivity index is 2.60. The van der Waals surface area contributed by atoms with Crippen LogP contribution in [0.2, 0.25) is 0 Å². The van der Waals surface area contributed by atoms with E-state index >= 15 is 0 Å². The Morgan fingerprint density at radius 2 is 2.31 bits per heavy atom. The van der Waals surface area contributed by atoms with Crippen LogP contribution in [0.3, 0.4) is 0 Å². The molecule has 1 atom stereocenters. The number of aromatic hydroxyl groups is 1. The molecule has 4 nitrogen and oxygen atoms in total. The van der Waals surface area contributed by atoms with Gasteiger partial charge in [-0.2, -0.15) is 5.26 Å². The zero-order chi connectivity index (χ0) is 12.0. The van der Waals surface area contributed by atoms with Crippen LogP contribution in [0.1, 0.15) is 31.2 Å². The number of hydrogen-bond donors (Lipinski definition) is 2. The molecule has 4 heteroatoms. The summed E-state index contributed by atoms with van der Waals surface area (Å²) in [7, 11) is 0. The molecule has 16 heavy (non-hydrogen) atoms. The number of hydrogen-bond acceptors (Lipinski definition) is 4. The molecular weight excluding hydrogens is 202 g/mol. The minimum absolute atomic E-state index is 0.159. The Kier molecular flexibility index (Phi) is 4.74. The van der Waals surface area contributed by atoms with Gasteiger partial charge in [-0.3, -0.25) is 4.98 Å². The van der Waals surface area contributed by atoms with Gasteiger partial charge in [0, 0.05) is 18.3 Å². The van der Waals surface area contributed by atoms with E-state index < -0.39 is 0 Å². The number of nitrogens with zero attached hydrogens (tertiary/aromatic N) is 2. The molecule has 0 saturated heterocycles. The van der Waals surface area contributed by atoms with Gasteiger partial charge < -0.3 is 10.4 Å². The van der Waals surface area contributed by atoms with Crippen molar-refractivity contribution in [1.82, 2.24) is 10.3 Å². The lowest BCUT2D eigenvalue weighted by Gasteiger charge is -2.13. The zero-order valence-corrected chi connectivity index (χ0v) is 9.70. The molecule has 0 spiro atoms. The summed E-state index contributed by atoms with van der Waals surface area (Å²) in [6.45, 7) is 4.40. The fraction of sp³-hybridized carbons (Fsp3) is 0.500. The standard InChI is InChI=1S/C12H17N3O/c1-3-10(6-7-13)14-8-11-12(16)5-4-9(2)15-11/h4-5,10,14,16H,3,6,8H2,1-2H3. The molecule has 0 aliphatic heterocycles. The largest absolute Gasteiger partial charge is 0.506 e. The van der Waals surface area contributed by atoms with Crippen LogP contribution in [0.4, 0.5) is 0 Å². The van der Waals surface area contributed by atoms with E-state index in [4.69, 9.17) is 5.26 Å². The van der Waals surface area contributed by atoms with Gasteiger partial charge in [-0.15, -0.1) is 0 Å². The molecule has 0 saturated carbocycles. The van der Waals surface area contributed by atoms with Crippen molar-refractivity contribution in [3.63, 3.8) is 0 Å². The SMILES string of the molecule is CCC(CC#N)NCc1nc(C)ccc1O. The Morgan fingerprint density at radius 3 is 2.94 bits per heavy atom. The van der Waals surface area contributed by atoms with Gasteiger partial charge in [0.2, 0.25) is 0 Å². The van der Waals surface area contributed by atoms with Crippen molar-refractivity contribution in [2.75, 3.05) is 0 Å². The van der Waals surface area contributed by atoms with E-state index in [1.807, 2.05) is 13.8 Å². The Bertz CT molecular complexity index is 384. The highest BCUT2D eigenvalue weighted by Crippen LogP contribution is 2.14. The average Bonchev–Trinajstić information content (AvgIpc) is 2.28. The van der Waals surface area contributed by atoms with E-state index in [-0.39, 0.29) is 11.8 Å². The topological polar surface area (TPSA) is 68.9 Å². The number of aryl methyl sites for hydroxylation is 1. The highest BCUT2D eigenvalue weighted by molar-refractivity contribution is 5.27. The summed E-state index contributed by atoms with van der Waals surface area (Å²) in [6.07, 6.45) is 1.36. The Labute approximate surface area is 95.9 Å². The predicted octanol–water partition coefficient (Wildman–Crippen LogP) is 1.88. The van der Waals surface area contributed by atoms with E-state index in [2.05, 4.69) is 16.4 Å². The summed E-state index contributed by atoms with van der Waals surface area (Å²) in [4.78, 5) is 4.24. The summed E-state index contributed by atoms with van der Waals surface area (Å²) < 4.78 is 0. The Hall–Kier alpha value is -1.60. The van der Waals surface area contributed by atoms with Crippen LogP contribution in [0.25, 0.3) is 0 Å². The number of rotatable bonds is 5. The molecule has 86 valence electrons. The van der Waals surface area contributed by atoms with Crippen molar-refractivity contribution in [2.45, 2.75) is 39.3 Å². The minimum Gasteiger partial charge on any atom is -0.506 e. The van der Waals surface area contributed by atoms with Gasteiger partial charge in [0.05, 0.1) is 18.2 Å². The lowest BCUT2D eigenvalue weighted by atomic mass is 10.1. The van der Waals surface area contributed by atoms with Crippen molar-refractivity contribution >= 4 is 0 Å².